The summed E-state index contributed by atoms with van der Waals surface area (Å²) in [5.74, 6) is 1.04. The molecule has 4 nitrogen and oxygen atoms in total. The fraction of sp³-hybridized carbons (Fsp3) is 0.385. The SMILES string of the molecule is Cc1ccccc1CSCC(=O)N1CCNC1=O. The highest BCUT2D eigenvalue weighted by molar-refractivity contribution is 7.99. The van der Waals surface area contributed by atoms with Gasteiger partial charge in [-0.05, 0) is 18.1 Å². The Morgan fingerprint density at radius 1 is 1.44 bits per heavy atom. The lowest BCUT2D eigenvalue weighted by Crippen LogP contribution is -2.35. The maximum Gasteiger partial charge on any atom is 0.324 e. The first-order chi connectivity index (χ1) is 8.68. The van der Waals surface area contributed by atoms with Gasteiger partial charge in [0, 0.05) is 18.8 Å². The maximum atomic E-state index is 11.8. The van der Waals surface area contributed by atoms with Crippen LogP contribution in [0.2, 0.25) is 0 Å². The average Bonchev–Trinajstić information content (AvgIpc) is 2.78. The van der Waals surface area contributed by atoms with Crippen LogP contribution in [0.3, 0.4) is 0 Å². The number of amides is 3. The van der Waals surface area contributed by atoms with Crippen LogP contribution < -0.4 is 5.32 Å². The van der Waals surface area contributed by atoms with Gasteiger partial charge in [-0.15, -0.1) is 11.8 Å². The normalized spacial score (nSPS) is 14.7. The van der Waals surface area contributed by atoms with E-state index in [4.69, 9.17) is 0 Å². The van der Waals surface area contributed by atoms with Gasteiger partial charge in [0.15, 0.2) is 0 Å². The highest BCUT2D eigenvalue weighted by Gasteiger charge is 2.25. The van der Waals surface area contributed by atoms with Crippen LogP contribution in [0.25, 0.3) is 0 Å². The van der Waals surface area contributed by atoms with E-state index in [-0.39, 0.29) is 11.9 Å². The number of thioether (sulfide) groups is 1. The predicted molar refractivity (Wildman–Crippen MR) is 72.5 cm³/mol. The van der Waals surface area contributed by atoms with Crippen molar-refractivity contribution in [2.75, 3.05) is 18.8 Å². The van der Waals surface area contributed by atoms with E-state index in [0.29, 0.717) is 18.8 Å². The maximum absolute atomic E-state index is 11.8. The van der Waals surface area contributed by atoms with E-state index in [2.05, 4.69) is 24.4 Å². The predicted octanol–water partition coefficient (Wildman–Crippen LogP) is 1.78. The molecule has 0 atom stereocenters. The van der Waals surface area contributed by atoms with Crippen LogP contribution in [0.1, 0.15) is 11.1 Å². The highest BCUT2D eigenvalue weighted by Crippen LogP contribution is 2.16. The lowest BCUT2D eigenvalue weighted by Gasteiger charge is -2.11. The zero-order valence-electron chi connectivity index (χ0n) is 10.3. The van der Waals surface area contributed by atoms with Gasteiger partial charge < -0.3 is 5.32 Å². The Balaban J connectivity index is 1.80. The lowest BCUT2D eigenvalue weighted by molar-refractivity contribution is -0.124. The zero-order chi connectivity index (χ0) is 13.0. The van der Waals surface area contributed by atoms with Crippen LogP contribution in [0.15, 0.2) is 24.3 Å². The van der Waals surface area contributed by atoms with E-state index >= 15 is 0 Å². The van der Waals surface area contributed by atoms with Crippen LogP contribution in [0.5, 0.6) is 0 Å². The van der Waals surface area contributed by atoms with Crippen LogP contribution in [-0.2, 0) is 10.5 Å². The van der Waals surface area contributed by atoms with E-state index in [1.54, 1.807) is 11.8 Å². The van der Waals surface area contributed by atoms with Crippen molar-refractivity contribution in [1.82, 2.24) is 10.2 Å². The molecule has 1 aromatic carbocycles. The molecule has 0 spiro atoms. The number of benzene rings is 1. The molecule has 5 heteroatoms. The topological polar surface area (TPSA) is 49.4 Å². The summed E-state index contributed by atoms with van der Waals surface area (Å²) >= 11 is 1.55. The van der Waals surface area contributed by atoms with Gasteiger partial charge in [0.05, 0.1) is 5.75 Å². The molecule has 0 aliphatic carbocycles. The molecule has 1 N–H and O–H groups in total. The van der Waals surface area contributed by atoms with E-state index in [1.165, 1.54) is 16.0 Å². The van der Waals surface area contributed by atoms with Crippen molar-refractivity contribution < 1.29 is 9.59 Å². The van der Waals surface area contributed by atoms with Gasteiger partial charge in [0.1, 0.15) is 0 Å². The molecule has 0 bridgehead atoms. The van der Waals surface area contributed by atoms with Gasteiger partial charge in [-0.1, -0.05) is 24.3 Å². The van der Waals surface area contributed by atoms with Gasteiger partial charge in [0.2, 0.25) is 5.91 Å². The van der Waals surface area contributed by atoms with Crippen molar-refractivity contribution in [3.63, 3.8) is 0 Å². The summed E-state index contributed by atoms with van der Waals surface area (Å²) in [5, 5.41) is 2.62. The number of imide groups is 1. The molecule has 0 aromatic heterocycles. The van der Waals surface area contributed by atoms with Crippen molar-refractivity contribution in [2.45, 2.75) is 12.7 Å². The molecule has 0 unspecified atom stereocenters. The number of nitrogens with zero attached hydrogens (tertiary/aromatic N) is 1. The van der Waals surface area contributed by atoms with E-state index in [1.807, 2.05) is 12.1 Å². The van der Waals surface area contributed by atoms with E-state index in [0.717, 1.165) is 5.75 Å². The quantitative estimate of drug-likeness (QED) is 0.902. The lowest BCUT2D eigenvalue weighted by atomic mass is 10.1. The fourth-order valence-corrected chi connectivity index (χ4v) is 2.78. The first-order valence-corrected chi connectivity index (χ1v) is 7.04. The number of urea groups is 1. The van der Waals surface area contributed by atoms with Gasteiger partial charge in [-0.25, -0.2) is 4.79 Å². The third-order valence-electron chi connectivity index (χ3n) is 2.90. The summed E-state index contributed by atoms with van der Waals surface area (Å²) in [6.45, 7) is 3.11. The second-order valence-electron chi connectivity index (χ2n) is 4.20. The number of carbonyl (C=O) groups is 2. The van der Waals surface area contributed by atoms with E-state index in [9.17, 15) is 9.59 Å². The molecule has 1 aliphatic rings. The summed E-state index contributed by atoms with van der Waals surface area (Å²) < 4.78 is 0. The summed E-state index contributed by atoms with van der Waals surface area (Å²) in [5.41, 5.74) is 2.47. The van der Waals surface area contributed by atoms with Crippen molar-refractivity contribution in [3.8, 4) is 0 Å². The Hall–Kier alpha value is -1.49. The minimum atomic E-state index is -0.267. The highest BCUT2D eigenvalue weighted by atomic mass is 32.2. The third-order valence-corrected chi connectivity index (χ3v) is 3.87. The van der Waals surface area contributed by atoms with Gasteiger partial charge in [-0.3, -0.25) is 9.69 Å². The van der Waals surface area contributed by atoms with Crippen molar-refractivity contribution >= 4 is 23.7 Å². The number of hydrogen-bond donors (Lipinski definition) is 1. The Bertz CT molecular complexity index is 462. The molecule has 96 valence electrons. The number of carbonyl (C=O) groups excluding carboxylic acids is 2. The third kappa shape index (κ3) is 3.04. The van der Waals surface area contributed by atoms with Crippen molar-refractivity contribution in [1.29, 1.82) is 0 Å². The summed E-state index contributed by atoms with van der Waals surface area (Å²) in [4.78, 5) is 24.3. The monoisotopic (exact) mass is 264 g/mol. The molecule has 18 heavy (non-hydrogen) atoms. The zero-order valence-corrected chi connectivity index (χ0v) is 11.1. The van der Waals surface area contributed by atoms with Gasteiger partial charge in [-0.2, -0.15) is 0 Å². The molecule has 3 amide bonds. The first kappa shape index (κ1) is 13.0. The number of rotatable bonds is 4. The Morgan fingerprint density at radius 3 is 2.89 bits per heavy atom. The van der Waals surface area contributed by atoms with Crippen LogP contribution in [0.4, 0.5) is 4.79 Å². The van der Waals surface area contributed by atoms with Crippen LogP contribution in [-0.4, -0.2) is 35.7 Å². The largest absolute Gasteiger partial charge is 0.336 e. The van der Waals surface area contributed by atoms with Crippen molar-refractivity contribution in [2.24, 2.45) is 0 Å². The summed E-state index contributed by atoms with van der Waals surface area (Å²) in [6.07, 6.45) is 0. The minimum Gasteiger partial charge on any atom is -0.336 e. The molecule has 1 saturated heterocycles. The van der Waals surface area contributed by atoms with Crippen molar-refractivity contribution in [3.05, 3.63) is 35.4 Å². The number of aryl methyl sites for hydroxylation is 1. The molecule has 1 heterocycles. The number of nitrogens with one attached hydrogen (secondary N) is 1. The summed E-state index contributed by atoms with van der Waals surface area (Å²) in [7, 11) is 0. The Labute approximate surface area is 111 Å². The molecule has 1 fully saturated rings. The molecule has 0 saturated carbocycles. The second kappa shape index (κ2) is 5.91. The smallest absolute Gasteiger partial charge is 0.324 e. The average molecular weight is 264 g/mol. The second-order valence-corrected chi connectivity index (χ2v) is 5.18. The summed E-state index contributed by atoms with van der Waals surface area (Å²) in [6, 6.07) is 7.86. The fourth-order valence-electron chi connectivity index (χ4n) is 1.81. The standard InChI is InChI=1S/C13H16N2O2S/c1-10-4-2-3-5-11(10)8-18-9-12(16)15-7-6-14-13(15)17/h2-5H,6-9H2,1H3,(H,14,17). The number of hydrogen-bond acceptors (Lipinski definition) is 3. The Kier molecular flexibility index (Phi) is 4.25. The molecule has 2 rings (SSSR count). The van der Waals surface area contributed by atoms with Gasteiger partial charge >= 0.3 is 6.03 Å². The molecular formula is C13H16N2O2S. The molecular weight excluding hydrogens is 248 g/mol. The molecule has 1 aromatic rings. The van der Waals surface area contributed by atoms with Gasteiger partial charge in [0.25, 0.3) is 0 Å². The minimum absolute atomic E-state index is 0.108. The van der Waals surface area contributed by atoms with Crippen LogP contribution >= 0.6 is 11.8 Å². The van der Waals surface area contributed by atoms with Crippen LogP contribution in [0, 0.1) is 6.92 Å². The first-order valence-electron chi connectivity index (χ1n) is 5.89. The molecule has 1 aliphatic heterocycles. The Morgan fingerprint density at radius 2 is 2.22 bits per heavy atom. The van der Waals surface area contributed by atoms with E-state index < -0.39 is 0 Å². The molecule has 0 radical (unpaired) electrons.